The number of nitrogens with one attached hydrogen (secondary N) is 1. The molecule has 0 atom stereocenters. The second-order valence-corrected chi connectivity index (χ2v) is 7.92. The lowest BCUT2D eigenvalue weighted by molar-refractivity contribution is 0.0687. The van der Waals surface area contributed by atoms with Gasteiger partial charge in [0.15, 0.2) is 11.3 Å². The molecule has 0 aliphatic carbocycles. The highest BCUT2D eigenvalue weighted by Crippen LogP contribution is 2.28. The summed E-state index contributed by atoms with van der Waals surface area (Å²) in [6.45, 7) is 3.99. The molecule has 0 amide bonds. The predicted molar refractivity (Wildman–Crippen MR) is 127 cm³/mol. The van der Waals surface area contributed by atoms with Gasteiger partial charge in [0, 0.05) is 18.8 Å². The third kappa shape index (κ3) is 3.25. The van der Waals surface area contributed by atoms with Crippen LogP contribution in [0, 0.1) is 24.1 Å². The third-order valence-corrected chi connectivity index (χ3v) is 5.88. The first-order valence-electron chi connectivity index (χ1n) is 10.8. The summed E-state index contributed by atoms with van der Waals surface area (Å²) >= 11 is 0. The Morgan fingerprint density at radius 1 is 1.14 bits per heavy atom. The molecule has 0 aliphatic rings. The zero-order valence-corrected chi connectivity index (χ0v) is 19.0. The summed E-state index contributed by atoms with van der Waals surface area (Å²) in [6.07, 6.45) is 1.72. The lowest BCUT2D eigenvalue weighted by Crippen LogP contribution is -2.01. The molecule has 6 aromatic rings. The number of benzene rings is 2. The number of fused-ring (bicyclic) bond motifs is 6. The summed E-state index contributed by atoms with van der Waals surface area (Å²) in [6, 6.07) is 11.2. The van der Waals surface area contributed by atoms with Crippen molar-refractivity contribution in [3.05, 3.63) is 70.8 Å². The first-order valence-corrected chi connectivity index (χ1v) is 10.8. The number of halogens is 1. The number of imidazole rings is 2. The standard InChI is InChI=1S/C14H11FN4O2.C10H7N3O2/c1-3-18-11-5-8(15)4-9(14(20)21)12(11)19-13(18)10(6-16)7(2)17-19;14-10(15)6-2-1-3-7-9(6)13-8(12-7)4-5-11-13/h4-5H,3H2,1-2H3,(H,20,21);1-5,11H,(H,14,15). The van der Waals surface area contributed by atoms with Gasteiger partial charge in [0.05, 0.1) is 27.9 Å². The fraction of sp³-hybridized carbons (Fsp3) is 0.125. The maximum atomic E-state index is 13.7. The molecule has 0 spiro atoms. The van der Waals surface area contributed by atoms with E-state index in [1.807, 2.05) is 6.92 Å². The first-order chi connectivity index (χ1) is 17.3. The second-order valence-electron chi connectivity index (χ2n) is 7.92. The number of carboxylic acid groups (broad SMARTS) is 2. The van der Waals surface area contributed by atoms with E-state index in [-0.39, 0.29) is 11.1 Å². The number of H-pyrrole nitrogens is 1. The maximum Gasteiger partial charge on any atom is 0.338 e. The van der Waals surface area contributed by atoms with Crippen molar-refractivity contribution in [3.63, 3.8) is 0 Å². The van der Waals surface area contributed by atoms with E-state index in [4.69, 9.17) is 5.11 Å². The second kappa shape index (κ2) is 8.24. The van der Waals surface area contributed by atoms with Crippen LogP contribution in [0.2, 0.25) is 0 Å². The van der Waals surface area contributed by atoms with Gasteiger partial charge < -0.3 is 14.8 Å². The zero-order chi connectivity index (χ0) is 25.7. The topological polar surface area (TPSA) is 154 Å². The number of nitriles is 1. The van der Waals surface area contributed by atoms with E-state index in [9.17, 15) is 24.3 Å². The minimum Gasteiger partial charge on any atom is -0.478 e. The molecule has 36 heavy (non-hydrogen) atoms. The molecular weight excluding hydrogens is 469 g/mol. The highest BCUT2D eigenvalue weighted by molar-refractivity contribution is 6.03. The summed E-state index contributed by atoms with van der Waals surface area (Å²) in [4.78, 5) is 26.7. The molecule has 0 radical (unpaired) electrons. The Kier molecular flexibility index (Phi) is 5.17. The van der Waals surface area contributed by atoms with E-state index < -0.39 is 17.8 Å². The molecule has 0 bridgehead atoms. The van der Waals surface area contributed by atoms with Gasteiger partial charge in [-0.25, -0.2) is 28.0 Å². The van der Waals surface area contributed by atoms with Crippen LogP contribution >= 0.6 is 0 Å². The molecule has 0 fully saturated rings. The summed E-state index contributed by atoms with van der Waals surface area (Å²) < 4.78 is 18.5. The van der Waals surface area contributed by atoms with Crippen molar-refractivity contribution in [1.29, 1.82) is 5.26 Å². The monoisotopic (exact) mass is 487 g/mol. The molecular formula is C24H18FN7O4. The number of aromatic nitrogens is 6. The number of nitrogens with zero attached hydrogens (tertiary/aromatic N) is 6. The molecule has 6 rings (SSSR count). The van der Waals surface area contributed by atoms with E-state index in [0.717, 1.165) is 11.7 Å². The van der Waals surface area contributed by atoms with Gasteiger partial charge >= 0.3 is 11.9 Å². The smallest absolute Gasteiger partial charge is 0.338 e. The third-order valence-electron chi connectivity index (χ3n) is 5.88. The van der Waals surface area contributed by atoms with Gasteiger partial charge in [-0.3, -0.25) is 5.10 Å². The van der Waals surface area contributed by atoms with Crippen molar-refractivity contribution in [1.82, 2.24) is 28.8 Å². The molecule has 180 valence electrons. The quantitative estimate of drug-likeness (QED) is 0.343. The number of aromatic carboxylic acids is 2. The molecule has 0 saturated heterocycles. The lowest BCUT2D eigenvalue weighted by Gasteiger charge is -2.03. The zero-order valence-electron chi connectivity index (χ0n) is 19.0. The highest BCUT2D eigenvalue weighted by atomic mass is 19.1. The number of aromatic amines is 1. The van der Waals surface area contributed by atoms with Crippen LogP contribution < -0.4 is 0 Å². The van der Waals surface area contributed by atoms with Crippen LogP contribution in [0.25, 0.3) is 33.4 Å². The fourth-order valence-electron chi connectivity index (χ4n) is 4.41. The van der Waals surface area contributed by atoms with Crippen LogP contribution in [0.1, 0.15) is 38.9 Å². The Balaban J connectivity index is 0.000000156. The van der Waals surface area contributed by atoms with Crippen molar-refractivity contribution in [2.45, 2.75) is 20.4 Å². The van der Waals surface area contributed by atoms with E-state index in [2.05, 4.69) is 21.3 Å². The number of carbonyl (C=O) groups is 2. The molecule has 3 N–H and O–H groups in total. The van der Waals surface area contributed by atoms with Crippen LogP contribution in [0.4, 0.5) is 4.39 Å². The molecule has 4 aromatic heterocycles. The van der Waals surface area contributed by atoms with E-state index >= 15 is 0 Å². The Labute approximate surface area is 201 Å². The van der Waals surface area contributed by atoms with Gasteiger partial charge in [-0.05, 0) is 38.1 Å². The summed E-state index contributed by atoms with van der Waals surface area (Å²) in [5.41, 5.74) is 4.16. The highest BCUT2D eigenvalue weighted by Gasteiger charge is 2.23. The number of carboxylic acids is 2. The van der Waals surface area contributed by atoms with Crippen LogP contribution in [0.5, 0.6) is 0 Å². The van der Waals surface area contributed by atoms with Gasteiger partial charge in [0.25, 0.3) is 0 Å². The van der Waals surface area contributed by atoms with Crippen molar-refractivity contribution in [3.8, 4) is 6.07 Å². The van der Waals surface area contributed by atoms with E-state index in [0.29, 0.717) is 45.5 Å². The maximum absolute atomic E-state index is 13.7. The van der Waals surface area contributed by atoms with Crippen molar-refractivity contribution >= 4 is 45.3 Å². The number of hydrogen-bond acceptors (Lipinski definition) is 5. The van der Waals surface area contributed by atoms with Crippen LogP contribution in [-0.4, -0.2) is 50.9 Å². The molecule has 2 aromatic carbocycles. The largest absolute Gasteiger partial charge is 0.478 e. The molecule has 0 unspecified atom stereocenters. The van der Waals surface area contributed by atoms with Crippen molar-refractivity contribution < 1.29 is 24.2 Å². The normalized spacial score (nSPS) is 11.2. The van der Waals surface area contributed by atoms with Crippen molar-refractivity contribution in [2.24, 2.45) is 0 Å². The lowest BCUT2D eigenvalue weighted by atomic mass is 10.2. The van der Waals surface area contributed by atoms with Crippen LogP contribution in [0.15, 0.2) is 42.6 Å². The van der Waals surface area contributed by atoms with Gasteiger partial charge in [0.1, 0.15) is 28.5 Å². The molecule has 11 nitrogen and oxygen atoms in total. The summed E-state index contributed by atoms with van der Waals surface area (Å²) in [5.74, 6) is -2.82. The van der Waals surface area contributed by atoms with Gasteiger partial charge in [-0.2, -0.15) is 10.4 Å². The Morgan fingerprint density at radius 3 is 2.56 bits per heavy atom. The molecule has 12 heteroatoms. The minimum absolute atomic E-state index is 0.172. The molecule has 0 saturated carbocycles. The van der Waals surface area contributed by atoms with Crippen LogP contribution in [-0.2, 0) is 6.54 Å². The van der Waals surface area contributed by atoms with Crippen molar-refractivity contribution in [2.75, 3.05) is 0 Å². The number of rotatable bonds is 3. The number of para-hydroxylation sites is 1. The average Bonchev–Trinajstić information content (AvgIpc) is 3.57. The summed E-state index contributed by atoms with van der Waals surface area (Å²) in [5, 5.41) is 34.8. The number of aryl methyl sites for hydroxylation is 2. The van der Waals surface area contributed by atoms with Gasteiger partial charge in [-0.1, -0.05) is 6.07 Å². The SMILES string of the molecule is CCn1c2cc(F)cc(C(=O)O)c2n2nc(C)c(C#N)c12.O=C(O)c1cccc2nc3cc[nH]n3c12. The van der Waals surface area contributed by atoms with Crippen LogP contribution in [0.3, 0.4) is 0 Å². The minimum atomic E-state index is -1.23. The summed E-state index contributed by atoms with van der Waals surface area (Å²) in [7, 11) is 0. The van der Waals surface area contributed by atoms with E-state index in [1.165, 1.54) is 10.6 Å². The van der Waals surface area contributed by atoms with E-state index in [1.54, 1.807) is 46.5 Å². The Hall–Kier alpha value is -5.18. The average molecular weight is 487 g/mol. The first kappa shape index (κ1) is 22.6. The Bertz CT molecular complexity index is 1880. The van der Waals surface area contributed by atoms with Gasteiger partial charge in [0.2, 0.25) is 0 Å². The molecule has 0 aliphatic heterocycles. The van der Waals surface area contributed by atoms with Gasteiger partial charge in [-0.15, -0.1) is 0 Å². The predicted octanol–water partition coefficient (Wildman–Crippen LogP) is 3.84. The fourth-order valence-corrected chi connectivity index (χ4v) is 4.41. The number of hydrogen-bond donors (Lipinski definition) is 3. The Morgan fingerprint density at radius 2 is 1.89 bits per heavy atom. The molecule has 4 heterocycles.